The number of rotatable bonds is 5. The molecule has 2 aromatic carbocycles. The fourth-order valence-corrected chi connectivity index (χ4v) is 2.76. The summed E-state index contributed by atoms with van der Waals surface area (Å²) in [5, 5.41) is 8.14. The molecular weight excluding hydrogens is 470 g/mol. The topological polar surface area (TPSA) is 93.1 Å². The van der Waals surface area contributed by atoms with Gasteiger partial charge in [0.25, 0.3) is 11.5 Å². The van der Waals surface area contributed by atoms with E-state index in [1.807, 2.05) is 5.32 Å². The van der Waals surface area contributed by atoms with E-state index < -0.39 is 53.1 Å². The number of hydrogen-bond donors (Lipinski definition) is 2. The Kier molecular flexibility index (Phi) is 6.75. The Morgan fingerprint density at radius 1 is 0.794 bits per heavy atom. The number of anilines is 2. The van der Waals surface area contributed by atoms with Crippen molar-refractivity contribution >= 4 is 23.2 Å². The first-order valence-electron chi connectivity index (χ1n) is 9.37. The Morgan fingerprint density at radius 2 is 1.38 bits per heavy atom. The maximum Gasteiger partial charge on any atom is 0.416 e. The number of para-hydroxylation sites is 1. The van der Waals surface area contributed by atoms with E-state index in [-0.39, 0.29) is 11.8 Å². The highest BCUT2D eigenvalue weighted by molar-refractivity contribution is 6.02. The van der Waals surface area contributed by atoms with E-state index in [4.69, 9.17) is 0 Å². The zero-order valence-corrected chi connectivity index (χ0v) is 16.9. The van der Waals surface area contributed by atoms with Gasteiger partial charge in [0.2, 0.25) is 5.91 Å². The van der Waals surface area contributed by atoms with Crippen LogP contribution in [0.4, 0.5) is 37.7 Å². The van der Waals surface area contributed by atoms with Crippen LogP contribution in [0.15, 0.2) is 65.5 Å². The van der Waals surface area contributed by atoms with Gasteiger partial charge in [0.05, 0.1) is 11.1 Å². The molecule has 178 valence electrons. The van der Waals surface area contributed by atoms with Crippen LogP contribution in [0.2, 0.25) is 0 Å². The predicted octanol–water partition coefficient (Wildman–Crippen LogP) is 4.17. The van der Waals surface area contributed by atoms with E-state index in [9.17, 15) is 40.7 Å². The molecule has 2 amide bonds. The van der Waals surface area contributed by atoms with Gasteiger partial charge in [-0.25, -0.2) is 4.68 Å². The summed E-state index contributed by atoms with van der Waals surface area (Å²) >= 11 is 0. The Bertz CT molecular complexity index is 1240. The number of amides is 2. The molecule has 0 aliphatic heterocycles. The van der Waals surface area contributed by atoms with Crippen molar-refractivity contribution in [3.8, 4) is 0 Å². The van der Waals surface area contributed by atoms with Crippen LogP contribution >= 0.6 is 0 Å². The van der Waals surface area contributed by atoms with Gasteiger partial charge in [-0.3, -0.25) is 14.4 Å². The average molecular weight is 484 g/mol. The van der Waals surface area contributed by atoms with E-state index in [2.05, 4.69) is 10.4 Å². The number of alkyl halides is 6. The van der Waals surface area contributed by atoms with Crippen LogP contribution in [0.3, 0.4) is 0 Å². The monoisotopic (exact) mass is 484 g/mol. The van der Waals surface area contributed by atoms with Crippen LogP contribution < -0.4 is 16.2 Å². The second-order valence-corrected chi connectivity index (χ2v) is 6.88. The minimum absolute atomic E-state index is 0.0868. The average Bonchev–Trinajstić information content (AvgIpc) is 2.74. The molecule has 13 heteroatoms. The maximum absolute atomic E-state index is 13.0. The standard InChI is InChI=1S/C21H14F6N4O3/c22-20(23,24)12-8-13(21(25,26)27)10-15(9-12)28-17(32)11-31-18(33)7-6-16(30-31)19(34)29-14-4-2-1-3-5-14/h1-10H,11H2,(H,28,32)(H,29,34). The fraction of sp³-hybridized carbons (Fsp3) is 0.143. The van der Waals surface area contributed by atoms with Crippen molar-refractivity contribution in [3.05, 3.63) is 87.8 Å². The first kappa shape index (κ1) is 24.5. The van der Waals surface area contributed by atoms with Crippen molar-refractivity contribution in [2.75, 3.05) is 10.6 Å². The molecule has 2 N–H and O–H groups in total. The highest BCUT2D eigenvalue weighted by Crippen LogP contribution is 2.37. The van der Waals surface area contributed by atoms with Gasteiger partial charge in [-0.2, -0.15) is 31.4 Å². The van der Waals surface area contributed by atoms with Crippen molar-refractivity contribution in [2.24, 2.45) is 0 Å². The molecule has 0 saturated carbocycles. The Morgan fingerprint density at radius 3 is 1.94 bits per heavy atom. The Hall–Kier alpha value is -4.16. The van der Waals surface area contributed by atoms with Crippen LogP contribution in [0.1, 0.15) is 21.6 Å². The highest BCUT2D eigenvalue weighted by Gasteiger charge is 2.37. The summed E-state index contributed by atoms with van der Waals surface area (Å²) in [7, 11) is 0. The lowest BCUT2D eigenvalue weighted by molar-refractivity contribution is -0.143. The van der Waals surface area contributed by atoms with E-state index in [1.54, 1.807) is 30.3 Å². The highest BCUT2D eigenvalue weighted by atomic mass is 19.4. The molecule has 0 aliphatic carbocycles. The molecule has 3 aromatic rings. The minimum atomic E-state index is -5.10. The number of carbonyl (C=O) groups excluding carboxylic acids is 2. The third-order valence-electron chi connectivity index (χ3n) is 4.30. The number of carbonyl (C=O) groups is 2. The van der Waals surface area contributed by atoms with E-state index in [0.717, 1.165) is 12.1 Å². The summed E-state index contributed by atoms with van der Waals surface area (Å²) in [5.74, 6) is -1.85. The first-order chi connectivity index (χ1) is 15.8. The molecule has 1 heterocycles. The van der Waals surface area contributed by atoms with Gasteiger partial charge in [0.1, 0.15) is 12.2 Å². The summed E-state index contributed by atoms with van der Waals surface area (Å²) in [6.45, 7) is -0.872. The van der Waals surface area contributed by atoms with Crippen LogP contribution in [0, 0.1) is 0 Å². The molecule has 34 heavy (non-hydrogen) atoms. The van der Waals surface area contributed by atoms with Crippen molar-refractivity contribution < 1.29 is 35.9 Å². The zero-order valence-electron chi connectivity index (χ0n) is 16.9. The number of halogens is 6. The van der Waals surface area contributed by atoms with Crippen molar-refractivity contribution in [1.29, 1.82) is 0 Å². The minimum Gasteiger partial charge on any atom is -0.324 e. The fourth-order valence-electron chi connectivity index (χ4n) is 2.76. The van der Waals surface area contributed by atoms with Gasteiger partial charge in [-0.1, -0.05) is 18.2 Å². The van der Waals surface area contributed by atoms with E-state index in [1.165, 1.54) is 0 Å². The van der Waals surface area contributed by atoms with Gasteiger partial charge < -0.3 is 10.6 Å². The number of hydrogen-bond acceptors (Lipinski definition) is 4. The molecule has 1 aromatic heterocycles. The van der Waals surface area contributed by atoms with Gasteiger partial charge in [-0.15, -0.1) is 0 Å². The third-order valence-corrected chi connectivity index (χ3v) is 4.30. The van der Waals surface area contributed by atoms with Crippen LogP contribution in [-0.2, 0) is 23.7 Å². The summed E-state index contributed by atoms with van der Waals surface area (Å²) in [6.07, 6.45) is -10.2. The van der Waals surface area contributed by atoms with Gasteiger partial charge in [-0.05, 0) is 36.4 Å². The third kappa shape index (κ3) is 6.21. The number of aromatic nitrogens is 2. The number of benzene rings is 2. The molecule has 0 radical (unpaired) electrons. The lowest BCUT2D eigenvalue weighted by atomic mass is 10.1. The van der Waals surface area contributed by atoms with E-state index >= 15 is 0 Å². The van der Waals surface area contributed by atoms with Crippen molar-refractivity contribution in [2.45, 2.75) is 18.9 Å². The zero-order chi connectivity index (χ0) is 25.1. The number of nitrogens with zero attached hydrogens (tertiary/aromatic N) is 2. The molecule has 3 rings (SSSR count). The smallest absolute Gasteiger partial charge is 0.324 e. The molecule has 0 spiro atoms. The molecule has 0 unspecified atom stereocenters. The Labute approximate surface area is 187 Å². The second kappa shape index (κ2) is 9.37. The number of nitrogens with one attached hydrogen (secondary N) is 2. The van der Waals surface area contributed by atoms with Gasteiger partial charge in [0, 0.05) is 17.4 Å². The summed E-state index contributed by atoms with van der Waals surface area (Å²) in [4.78, 5) is 36.6. The summed E-state index contributed by atoms with van der Waals surface area (Å²) < 4.78 is 78.4. The van der Waals surface area contributed by atoms with Crippen molar-refractivity contribution in [1.82, 2.24) is 9.78 Å². The molecule has 0 saturated heterocycles. The molecule has 0 aliphatic rings. The molecular formula is C21H14F6N4O3. The summed E-state index contributed by atoms with van der Waals surface area (Å²) in [5.41, 5.74) is -4.67. The SMILES string of the molecule is O=C(Cn1nc(C(=O)Nc2ccccc2)ccc1=O)Nc1cc(C(F)(F)F)cc(C(F)(F)F)c1. The molecule has 0 atom stereocenters. The lowest BCUT2D eigenvalue weighted by Crippen LogP contribution is -2.31. The molecule has 0 bridgehead atoms. The van der Waals surface area contributed by atoms with Crippen LogP contribution in [0.5, 0.6) is 0 Å². The van der Waals surface area contributed by atoms with E-state index in [0.29, 0.717) is 22.5 Å². The maximum atomic E-state index is 13.0. The van der Waals surface area contributed by atoms with Gasteiger partial charge >= 0.3 is 12.4 Å². The normalized spacial score (nSPS) is 11.7. The first-order valence-corrected chi connectivity index (χ1v) is 9.37. The largest absolute Gasteiger partial charge is 0.416 e. The van der Waals surface area contributed by atoms with Gasteiger partial charge in [0.15, 0.2) is 0 Å². The quantitative estimate of drug-likeness (QED) is 0.532. The van der Waals surface area contributed by atoms with Crippen LogP contribution in [0.25, 0.3) is 0 Å². The second-order valence-electron chi connectivity index (χ2n) is 6.88. The molecule has 7 nitrogen and oxygen atoms in total. The van der Waals surface area contributed by atoms with Crippen LogP contribution in [-0.4, -0.2) is 21.6 Å². The van der Waals surface area contributed by atoms with Crippen molar-refractivity contribution in [3.63, 3.8) is 0 Å². The predicted molar refractivity (Wildman–Crippen MR) is 108 cm³/mol. The summed E-state index contributed by atoms with van der Waals surface area (Å²) in [6, 6.07) is 10.8. The Balaban J connectivity index is 1.80. The molecule has 0 fully saturated rings. The lowest BCUT2D eigenvalue weighted by Gasteiger charge is -2.15.